The fourth-order valence-corrected chi connectivity index (χ4v) is 1.85. The molecule has 0 atom stereocenters. The molecule has 0 amide bonds. The number of aryl methyl sites for hydroxylation is 2. The van der Waals surface area contributed by atoms with Crippen LogP contribution in [-0.4, -0.2) is 4.98 Å². The number of nitrogens with zero attached hydrogens (tertiary/aromatic N) is 2. The van der Waals surface area contributed by atoms with Crippen LogP contribution >= 0.6 is 0 Å². The topological polar surface area (TPSA) is 36.7 Å². The first-order chi connectivity index (χ1) is 8.19. The minimum atomic E-state index is 0.753. The van der Waals surface area contributed by atoms with E-state index in [2.05, 4.69) is 23.2 Å². The van der Waals surface area contributed by atoms with Gasteiger partial charge in [0.2, 0.25) is 0 Å². The highest BCUT2D eigenvalue weighted by Crippen LogP contribution is 2.14. The molecule has 0 saturated carbocycles. The molecule has 17 heavy (non-hydrogen) atoms. The third kappa shape index (κ3) is 2.70. The van der Waals surface area contributed by atoms with Gasteiger partial charge in [-0.25, -0.2) is 0 Å². The van der Waals surface area contributed by atoms with Crippen molar-refractivity contribution in [1.29, 1.82) is 5.26 Å². The van der Waals surface area contributed by atoms with Gasteiger partial charge < -0.3 is 0 Å². The van der Waals surface area contributed by atoms with Crippen molar-refractivity contribution < 1.29 is 0 Å². The molecule has 0 bridgehead atoms. The van der Waals surface area contributed by atoms with E-state index in [9.17, 15) is 0 Å². The average Bonchev–Trinajstić information content (AvgIpc) is 2.32. The van der Waals surface area contributed by atoms with Crippen molar-refractivity contribution in [2.45, 2.75) is 20.3 Å². The van der Waals surface area contributed by atoms with Crippen molar-refractivity contribution in [2.75, 3.05) is 0 Å². The Morgan fingerprint density at radius 3 is 2.65 bits per heavy atom. The van der Waals surface area contributed by atoms with E-state index in [0.29, 0.717) is 0 Å². The summed E-state index contributed by atoms with van der Waals surface area (Å²) < 4.78 is 0. The molecule has 0 aliphatic carbocycles. The van der Waals surface area contributed by atoms with Gasteiger partial charge in [0.25, 0.3) is 0 Å². The Balaban J connectivity index is 2.28. The number of hydrogen-bond acceptors (Lipinski definition) is 2. The van der Waals surface area contributed by atoms with E-state index in [-0.39, 0.29) is 0 Å². The first-order valence-corrected chi connectivity index (χ1v) is 5.59. The van der Waals surface area contributed by atoms with E-state index in [4.69, 9.17) is 5.26 Å². The molecule has 1 aromatic carbocycles. The zero-order chi connectivity index (χ0) is 12.3. The van der Waals surface area contributed by atoms with Gasteiger partial charge in [0.05, 0.1) is 11.6 Å². The predicted molar refractivity (Wildman–Crippen MR) is 67.7 cm³/mol. The van der Waals surface area contributed by atoms with Crippen LogP contribution in [0, 0.1) is 25.2 Å². The van der Waals surface area contributed by atoms with Crippen molar-refractivity contribution in [3.63, 3.8) is 0 Å². The molecule has 0 spiro atoms. The molecule has 0 unspecified atom stereocenters. The zero-order valence-electron chi connectivity index (χ0n) is 10.1. The molecule has 2 heteroatoms. The summed E-state index contributed by atoms with van der Waals surface area (Å²) in [5, 5.41) is 8.99. The van der Waals surface area contributed by atoms with E-state index < -0.39 is 0 Å². The quantitative estimate of drug-likeness (QED) is 0.782. The van der Waals surface area contributed by atoms with E-state index >= 15 is 0 Å². The van der Waals surface area contributed by atoms with Crippen molar-refractivity contribution in [1.82, 2.24) is 4.98 Å². The van der Waals surface area contributed by atoms with Gasteiger partial charge in [-0.1, -0.05) is 18.2 Å². The van der Waals surface area contributed by atoms with E-state index in [1.165, 1.54) is 5.56 Å². The molecule has 0 N–H and O–H groups in total. The number of pyridine rings is 1. The van der Waals surface area contributed by atoms with Crippen molar-refractivity contribution in [3.8, 4) is 6.07 Å². The minimum Gasteiger partial charge on any atom is -0.264 e. The number of aromatic nitrogens is 1. The molecule has 2 aromatic rings. The van der Waals surface area contributed by atoms with Gasteiger partial charge >= 0.3 is 0 Å². The van der Waals surface area contributed by atoms with Crippen LogP contribution in [0.25, 0.3) is 0 Å². The molecule has 1 heterocycles. The lowest BCUT2D eigenvalue weighted by Gasteiger charge is -2.04. The summed E-state index contributed by atoms with van der Waals surface area (Å²) in [6.45, 7) is 3.99. The summed E-state index contributed by atoms with van der Waals surface area (Å²) in [4.78, 5) is 4.18. The molecular weight excluding hydrogens is 208 g/mol. The Morgan fingerprint density at radius 2 is 1.94 bits per heavy atom. The third-order valence-electron chi connectivity index (χ3n) is 2.76. The molecular formula is C15H14N2. The van der Waals surface area contributed by atoms with Crippen LogP contribution in [0.3, 0.4) is 0 Å². The summed E-state index contributed by atoms with van der Waals surface area (Å²) in [7, 11) is 0. The molecule has 2 rings (SSSR count). The SMILES string of the molecule is Cc1cncc(Cc2ccc(C)c(C#N)c2)c1. The first-order valence-electron chi connectivity index (χ1n) is 5.59. The molecule has 0 saturated heterocycles. The number of nitriles is 1. The molecule has 84 valence electrons. The van der Waals surface area contributed by atoms with Crippen LogP contribution in [0.2, 0.25) is 0 Å². The standard InChI is InChI=1S/C15H14N2/c1-11-5-14(10-17-9-11)6-13-4-3-12(2)15(7-13)8-16/h3-5,7,9-10H,6H2,1-2H3. The van der Waals surface area contributed by atoms with Crippen LogP contribution < -0.4 is 0 Å². The highest BCUT2D eigenvalue weighted by Gasteiger charge is 2.01. The minimum absolute atomic E-state index is 0.753. The highest BCUT2D eigenvalue weighted by molar-refractivity contribution is 5.41. The number of benzene rings is 1. The number of hydrogen-bond donors (Lipinski definition) is 0. The maximum absolute atomic E-state index is 8.99. The Kier molecular flexibility index (Phi) is 3.20. The summed E-state index contributed by atoms with van der Waals surface area (Å²) >= 11 is 0. The second-order valence-corrected chi connectivity index (χ2v) is 4.31. The monoisotopic (exact) mass is 222 g/mol. The average molecular weight is 222 g/mol. The van der Waals surface area contributed by atoms with Gasteiger partial charge in [0, 0.05) is 12.4 Å². The highest BCUT2D eigenvalue weighted by atomic mass is 14.6. The van der Waals surface area contributed by atoms with Crippen LogP contribution in [0.1, 0.15) is 27.8 Å². The van der Waals surface area contributed by atoms with E-state index in [1.807, 2.05) is 38.4 Å². The lowest BCUT2D eigenvalue weighted by molar-refractivity contribution is 1.12. The molecule has 0 aliphatic heterocycles. The van der Waals surface area contributed by atoms with Gasteiger partial charge in [-0.2, -0.15) is 5.26 Å². The molecule has 0 fully saturated rings. The first kappa shape index (κ1) is 11.3. The van der Waals surface area contributed by atoms with Crippen LogP contribution in [-0.2, 0) is 6.42 Å². The Labute approximate surface area is 102 Å². The third-order valence-corrected chi connectivity index (χ3v) is 2.76. The van der Waals surface area contributed by atoms with Gasteiger partial charge in [0.15, 0.2) is 0 Å². The van der Waals surface area contributed by atoms with Crippen LogP contribution in [0.15, 0.2) is 36.7 Å². The number of rotatable bonds is 2. The fraction of sp³-hybridized carbons (Fsp3) is 0.200. The van der Waals surface area contributed by atoms with Gasteiger partial charge in [-0.05, 0) is 48.6 Å². The maximum atomic E-state index is 8.99. The lowest BCUT2D eigenvalue weighted by atomic mass is 10.0. The zero-order valence-corrected chi connectivity index (χ0v) is 10.1. The second kappa shape index (κ2) is 4.80. The Bertz CT molecular complexity index is 580. The molecule has 1 aromatic heterocycles. The van der Waals surface area contributed by atoms with E-state index in [0.717, 1.165) is 28.7 Å². The normalized spacial score (nSPS) is 9.94. The van der Waals surface area contributed by atoms with Crippen molar-refractivity contribution in [3.05, 3.63) is 64.5 Å². The van der Waals surface area contributed by atoms with E-state index in [1.54, 1.807) is 0 Å². The second-order valence-electron chi connectivity index (χ2n) is 4.31. The van der Waals surface area contributed by atoms with Crippen molar-refractivity contribution in [2.24, 2.45) is 0 Å². The van der Waals surface area contributed by atoms with Gasteiger partial charge in [-0.15, -0.1) is 0 Å². The molecule has 2 nitrogen and oxygen atoms in total. The predicted octanol–water partition coefficient (Wildman–Crippen LogP) is 3.16. The largest absolute Gasteiger partial charge is 0.264 e. The van der Waals surface area contributed by atoms with Gasteiger partial charge in [-0.3, -0.25) is 4.98 Å². The Hall–Kier alpha value is -2.14. The smallest absolute Gasteiger partial charge is 0.0994 e. The molecule has 0 radical (unpaired) electrons. The van der Waals surface area contributed by atoms with Gasteiger partial charge in [0.1, 0.15) is 0 Å². The van der Waals surface area contributed by atoms with Crippen LogP contribution in [0.5, 0.6) is 0 Å². The summed E-state index contributed by atoms with van der Waals surface area (Å²) in [5.74, 6) is 0. The Morgan fingerprint density at radius 1 is 1.12 bits per heavy atom. The maximum Gasteiger partial charge on any atom is 0.0994 e. The lowest BCUT2D eigenvalue weighted by Crippen LogP contribution is -1.92. The molecule has 0 aliphatic rings. The van der Waals surface area contributed by atoms with Crippen LogP contribution in [0.4, 0.5) is 0 Å². The fourth-order valence-electron chi connectivity index (χ4n) is 1.85. The summed E-state index contributed by atoms with van der Waals surface area (Å²) in [6, 6.07) is 10.4. The summed E-state index contributed by atoms with van der Waals surface area (Å²) in [5.41, 5.74) is 5.27. The van der Waals surface area contributed by atoms with Crippen molar-refractivity contribution >= 4 is 0 Å². The summed E-state index contributed by atoms with van der Waals surface area (Å²) in [6.07, 6.45) is 4.54.